The van der Waals surface area contributed by atoms with E-state index in [1.807, 2.05) is 6.92 Å². The second kappa shape index (κ2) is 5.03. The molecule has 13 heavy (non-hydrogen) atoms. The number of hydrogen-bond acceptors (Lipinski definition) is 6. The minimum absolute atomic E-state index is 0.244. The molecular formula is C6H10N4OS2. The van der Waals surface area contributed by atoms with Gasteiger partial charge >= 0.3 is 0 Å². The maximum atomic E-state index is 8.26. The Morgan fingerprint density at radius 3 is 3.08 bits per heavy atom. The average molecular weight is 218 g/mol. The number of oxime groups is 1. The highest BCUT2D eigenvalue weighted by Crippen LogP contribution is 2.20. The number of thioether (sulfide) groups is 1. The molecule has 1 aromatic rings. The molecule has 0 aromatic carbocycles. The molecule has 0 unspecified atom stereocenters. The van der Waals surface area contributed by atoms with E-state index in [1.165, 1.54) is 11.5 Å². The molecule has 0 saturated heterocycles. The minimum atomic E-state index is 0.244. The van der Waals surface area contributed by atoms with Gasteiger partial charge in [0, 0.05) is 12.2 Å². The lowest BCUT2D eigenvalue weighted by molar-refractivity contribution is 0.317. The molecule has 5 nitrogen and oxygen atoms in total. The van der Waals surface area contributed by atoms with Gasteiger partial charge in [0.2, 0.25) is 0 Å². The highest BCUT2D eigenvalue weighted by Gasteiger charge is 2.01. The van der Waals surface area contributed by atoms with Crippen molar-refractivity contribution in [2.75, 3.05) is 5.75 Å². The third kappa shape index (κ3) is 3.60. The molecule has 0 aliphatic heterocycles. The molecule has 0 fully saturated rings. The van der Waals surface area contributed by atoms with E-state index < -0.39 is 0 Å². The summed E-state index contributed by atoms with van der Waals surface area (Å²) in [4.78, 5) is 4.16. The number of rotatable bonds is 4. The fourth-order valence-electron chi connectivity index (χ4n) is 0.630. The van der Waals surface area contributed by atoms with Crippen LogP contribution in [0.1, 0.15) is 12.2 Å². The number of aromatic nitrogens is 2. The van der Waals surface area contributed by atoms with Gasteiger partial charge in [0.15, 0.2) is 4.34 Å². The monoisotopic (exact) mass is 218 g/mol. The van der Waals surface area contributed by atoms with Crippen LogP contribution in [0.5, 0.6) is 0 Å². The normalized spacial score (nSPS) is 11.9. The van der Waals surface area contributed by atoms with Crippen LogP contribution >= 0.6 is 23.3 Å². The van der Waals surface area contributed by atoms with Gasteiger partial charge in [0.1, 0.15) is 11.7 Å². The Kier molecular flexibility index (Phi) is 3.97. The number of nitrogens with zero attached hydrogens (tertiary/aromatic N) is 3. The Morgan fingerprint density at radius 1 is 1.77 bits per heavy atom. The molecule has 0 aliphatic carbocycles. The van der Waals surface area contributed by atoms with Crippen LogP contribution in [-0.2, 0) is 0 Å². The van der Waals surface area contributed by atoms with Gasteiger partial charge in [-0.3, -0.25) is 0 Å². The molecular weight excluding hydrogens is 208 g/mol. The molecule has 0 radical (unpaired) electrons. The number of hydrogen-bond donors (Lipinski definition) is 2. The summed E-state index contributed by atoms with van der Waals surface area (Å²) in [6.07, 6.45) is 0.555. The second-order valence-electron chi connectivity index (χ2n) is 2.30. The highest BCUT2D eigenvalue weighted by molar-refractivity contribution is 8.00. The van der Waals surface area contributed by atoms with E-state index in [4.69, 9.17) is 10.9 Å². The van der Waals surface area contributed by atoms with E-state index in [-0.39, 0.29) is 5.84 Å². The van der Waals surface area contributed by atoms with Gasteiger partial charge in [-0.2, -0.15) is 4.37 Å². The lowest BCUT2D eigenvalue weighted by Gasteiger charge is -1.94. The zero-order valence-corrected chi connectivity index (χ0v) is 8.73. The van der Waals surface area contributed by atoms with Crippen molar-refractivity contribution in [3.63, 3.8) is 0 Å². The molecule has 3 N–H and O–H groups in total. The smallest absolute Gasteiger partial charge is 0.170 e. The van der Waals surface area contributed by atoms with E-state index in [1.54, 1.807) is 11.8 Å². The quantitative estimate of drug-likeness (QED) is 0.260. The maximum absolute atomic E-state index is 8.26. The maximum Gasteiger partial charge on any atom is 0.170 e. The van der Waals surface area contributed by atoms with Crippen LogP contribution in [0.3, 0.4) is 0 Å². The molecule has 0 amide bonds. The van der Waals surface area contributed by atoms with Crippen LogP contribution in [0.25, 0.3) is 0 Å². The van der Waals surface area contributed by atoms with Crippen molar-refractivity contribution in [2.24, 2.45) is 10.9 Å². The first-order valence-electron chi connectivity index (χ1n) is 3.62. The van der Waals surface area contributed by atoms with Crippen LogP contribution in [0.15, 0.2) is 9.50 Å². The third-order valence-corrected chi connectivity index (χ3v) is 3.15. The Bertz CT molecular complexity index is 299. The van der Waals surface area contributed by atoms with Crippen molar-refractivity contribution in [2.45, 2.75) is 17.7 Å². The van der Waals surface area contributed by atoms with Crippen molar-refractivity contribution in [3.8, 4) is 0 Å². The Hall–Kier alpha value is -0.820. The molecule has 7 heteroatoms. The van der Waals surface area contributed by atoms with Gasteiger partial charge in [-0.15, -0.1) is 0 Å². The summed E-state index contributed by atoms with van der Waals surface area (Å²) >= 11 is 2.93. The van der Waals surface area contributed by atoms with E-state index >= 15 is 0 Å². The Balaban J connectivity index is 2.28. The first-order valence-corrected chi connectivity index (χ1v) is 5.38. The van der Waals surface area contributed by atoms with Crippen LogP contribution < -0.4 is 5.73 Å². The number of nitrogens with two attached hydrogens (primary N) is 1. The molecule has 1 aromatic heterocycles. The molecule has 1 rings (SSSR count). The Morgan fingerprint density at radius 2 is 2.54 bits per heavy atom. The van der Waals surface area contributed by atoms with E-state index in [9.17, 15) is 0 Å². The summed E-state index contributed by atoms with van der Waals surface area (Å²) in [5.74, 6) is 1.79. The molecule has 0 saturated carbocycles. The summed E-state index contributed by atoms with van der Waals surface area (Å²) < 4.78 is 4.95. The predicted molar refractivity (Wildman–Crippen MR) is 53.4 cm³/mol. The van der Waals surface area contributed by atoms with Gasteiger partial charge in [-0.05, 0) is 18.5 Å². The van der Waals surface area contributed by atoms with Gasteiger partial charge in [0.25, 0.3) is 0 Å². The lowest BCUT2D eigenvalue weighted by atomic mass is 10.5. The highest BCUT2D eigenvalue weighted by atomic mass is 32.2. The van der Waals surface area contributed by atoms with Crippen molar-refractivity contribution >= 4 is 29.1 Å². The molecule has 1 heterocycles. The largest absolute Gasteiger partial charge is 0.409 e. The van der Waals surface area contributed by atoms with E-state index in [0.717, 1.165) is 15.9 Å². The first kappa shape index (κ1) is 10.3. The predicted octanol–water partition coefficient (Wildman–Crippen LogP) is 1.08. The number of aryl methyl sites for hydroxylation is 1. The van der Waals surface area contributed by atoms with Crippen molar-refractivity contribution in [1.82, 2.24) is 9.36 Å². The van der Waals surface area contributed by atoms with Crippen molar-refractivity contribution in [3.05, 3.63) is 5.82 Å². The molecule has 72 valence electrons. The summed E-state index contributed by atoms with van der Waals surface area (Å²) in [6.45, 7) is 1.85. The van der Waals surface area contributed by atoms with Gasteiger partial charge in [0.05, 0.1) is 0 Å². The fraction of sp³-hybridized carbons (Fsp3) is 0.500. The van der Waals surface area contributed by atoms with E-state index in [0.29, 0.717) is 6.42 Å². The fourth-order valence-corrected chi connectivity index (χ4v) is 2.31. The average Bonchev–Trinajstić information content (AvgIpc) is 2.51. The zero-order chi connectivity index (χ0) is 9.68. The zero-order valence-electron chi connectivity index (χ0n) is 7.10. The SMILES string of the molecule is Cc1nsc(SCCC(N)=NO)n1. The minimum Gasteiger partial charge on any atom is -0.409 e. The van der Waals surface area contributed by atoms with Crippen LogP contribution in [0, 0.1) is 6.92 Å². The Labute approximate surface area is 84.2 Å². The van der Waals surface area contributed by atoms with Gasteiger partial charge < -0.3 is 10.9 Å². The van der Waals surface area contributed by atoms with Crippen molar-refractivity contribution in [1.29, 1.82) is 0 Å². The molecule has 0 bridgehead atoms. The van der Waals surface area contributed by atoms with Crippen LogP contribution in [0.2, 0.25) is 0 Å². The molecule has 0 spiro atoms. The molecule has 0 aliphatic rings. The van der Waals surface area contributed by atoms with Crippen LogP contribution in [0.4, 0.5) is 0 Å². The van der Waals surface area contributed by atoms with E-state index in [2.05, 4.69) is 14.5 Å². The summed E-state index contributed by atoms with van der Waals surface area (Å²) in [5, 5.41) is 11.1. The summed E-state index contributed by atoms with van der Waals surface area (Å²) in [6, 6.07) is 0. The first-order chi connectivity index (χ1) is 6.22. The lowest BCUT2D eigenvalue weighted by Crippen LogP contribution is -2.11. The topological polar surface area (TPSA) is 84.4 Å². The molecule has 0 atom stereocenters. The van der Waals surface area contributed by atoms with Gasteiger partial charge in [-0.25, -0.2) is 4.98 Å². The summed E-state index contributed by atoms with van der Waals surface area (Å²) in [7, 11) is 0. The van der Waals surface area contributed by atoms with Crippen molar-refractivity contribution < 1.29 is 5.21 Å². The van der Waals surface area contributed by atoms with Crippen LogP contribution in [-0.4, -0.2) is 26.2 Å². The van der Waals surface area contributed by atoms with Gasteiger partial charge in [-0.1, -0.05) is 16.9 Å². The second-order valence-corrected chi connectivity index (χ2v) is 4.39. The summed E-state index contributed by atoms with van der Waals surface area (Å²) in [5.41, 5.74) is 5.30. The third-order valence-electron chi connectivity index (χ3n) is 1.22. The number of amidine groups is 1. The standard InChI is InChI=1S/C6H10N4OS2/c1-4-8-6(13-10-4)12-3-2-5(7)9-11/h11H,2-3H2,1H3,(H2,7,9).